The van der Waals surface area contributed by atoms with E-state index in [-0.39, 0.29) is 16.9 Å². The molecule has 1 aromatic heterocycles. The van der Waals surface area contributed by atoms with Crippen molar-refractivity contribution >= 4 is 33.2 Å². The van der Waals surface area contributed by atoms with Crippen LogP contribution in [0.3, 0.4) is 0 Å². The zero-order valence-corrected chi connectivity index (χ0v) is 26.3. The van der Waals surface area contributed by atoms with Gasteiger partial charge >= 0.3 is 0 Å². The van der Waals surface area contributed by atoms with Crippen molar-refractivity contribution in [3.8, 4) is 28.3 Å². The molecule has 44 heavy (non-hydrogen) atoms. The van der Waals surface area contributed by atoms with Crippen LogP contribution in [0.5, 0.6) is 11.5 Å². The molecule has 0 fully saturated rings. The molecule has 2 N–H and O–H groups in total. The van der Waals surface area contributed by atoms with Crippen LogP contribution in [-0.4, -0.2) is 35.0 Å². The highest BCUT2D eigenvalue weighted by Gasteiger charge is 2.26. The third-order valence-electron chi connectivity index (χ3n) is 8.39. The first-order valence-corrected chi connectivity index (χ1v) is 15.1. The van der Waals surface area contributed by atoms with E-state index >= 15 is 0 Å². The minimum absolute atomic E-state index is 0.178. The van der Waals surface area contributed by atoms with Gasteiger partial charge < -0.3 is 24.4 Å². The van der Waals surface area contributed by atoms with Crippen LogP contribution in [0.4, 0.5) is 11.4 Å². The number of aryl methyl sites for hydroxylation is 2. The molecule has 0 radical (unpaired) electrons. The van der Waals surface area contributed by atoms with Crippen LogP contribution in [0.25, 0.3) is 38.6 Å². The van der Waals surface area contributed by atoms with E-state index in [1.807, 2.05) is 54.6 Å². The number of methoxy groups -OCH3 is 1. The Morgan fingerprint density at radius 1 is 0.682 bits per heavy atom. The lowest BCUT2D eigenvalue weighted by Gasteiger charge is -2.30. The Balaban J connectivity index is 1.60. The standard InChI is InChI=1S/C39H40N2O3/c1-25-21-30(37(42)31(22-25)39(3,4)5)29-15-7-10-16-32(29)40(19-20-44-6)35-23-26(2)24-36(38(35)43)41-33-17-11-8-13-27(33)28-14-9-12-18-34(28)41/h7-18,21-24,42-43H,19-20H2,1-6H3. The van der Waals surface area contributed by atoms with Crippen molar-refractivity contribution in [2.45, 2.75) is 40.0 Å². The van der Waals surface area contributed by atoms with Crippen molar-refractivity contribution in [1.82, 2.24) is 4.57 Å². The second kappa shape index (κ2) is 11.4. The Kier molecular flexibility index (Phi) is 7.60. The Hall–Kier alpha value is -4.74. The molecule has 5 aromatic carbocycles. The van der Waals surface area contributed by atoms with Crippen LogP contribution in [0.2, 0.25) is 0 Å². The van der Waals surface area contributed by atoms with Gasteiger partial charge in [-0.1, -0.05) is 81.4 Å². The van der Waals surface area contributed by atoms with Crippen molar-refractivity contribution in [2.75, 3.05) is 25.2 Å². The molecular weight excluding hydrogens is 544 g/mol. The number of hydrogen-bond donors (Lipinski definition) is 2. The smallest absolute Gasteiger partial charge is 0.163 e. The van der Waals surface area contributed by atoms with Crippen molar-refractivity contribution in [3.05, 3.63) is 114 Å². The molecule has 0 aliphatic carbocycles. The van der Waals surface area contributed by atoms with Gasteiger partial charge in [0.2, 0.25) is 0 Å². The van der Waals surface area contributed by atoms with Gasteiger partial charge in [-0.05, 0) is 66.8 Å². The Morgan fingerprint density at radius 3 is 1.91 bits per heavy atom. The quantitative estimate of drug-likeness (QED) is 0.196. The number of para-hydroxylation sites is 3. The largest absolute Gasteiger partial charge is 0.507 e. The molecule has 0 aliphatic rings. The summed E-state index contributed by atoms with van der Waals surface area (Å²) >= 11 is 0. The summed E-state index contributed by atoms with van der Waals surface area (Å²) in [6, 6.07) is 32.9. The summed E-state index contributed by atoms with van der Waals surface area (Å²) < 4.78 is 7.73. The Morgan fingerprint density at radius 2 is 1.27 bits per heavy atom. The highest BCUT2D eigenvalue weighted by Crippen LogP contribution is 2.47. The van der Waals surface area contributed by atoms with Gasteiger partial charge in [0, 0.05) is 46.8 Å². The van der Waals surface area contributed by atoms with Crippen molar-refractivity contribution in [2.24, 2.45) is 0 Å². The molecule has 0 saturated carbocycles. The van der Waals surface area contributed by atoms with Crippen LogP contribution in [0, 0.1) is 13.8 Å². The first-order valence-electron chi connectivity index (χ1n) is 15.1. The van der Waals surface area contributed by atoms with Crippen molar-refractivity contribution in [1.29, 1.82) is 0 Å². The second-order valence-electron chi connectivity index (χ2n) is 12.6. The molecule has 6 aromatic rings. The Labute approximate surface area is 259 Å². The number of phenols is 2. The molecule has 5 heteroatoms. The molecule has 1 heterocycles. The van der Waals surface area contributed by atoms with Gasteiger partial charge in [0.05, 0.1) is 29.0 Å². The number of rotatable bonds is 7. The summed E-state index contributed by atoms with van der Waals surface area (Å²) in [6.07, 6.45) is 0. The predicted molar refractivity (Wildman–Crippen MR) is 183 cm³/mol. The molecule has 0 bridgehead atoms. The average molecular weight is 585 g/mol. The van der Waals surface area contributed by atoms with E-state index in [0.717, 1.165) is 55.3 Å². The lowest BCUT2D eigenvalue weighted by molar-refractivity contribution is 0.207. The van der Waals surface area contributed by atoms with Gasteiger partial charge in [0.15, 0.2) is 5.75 Å². The van der Waals surface area contributed by atoms with E-state index in [4.69, 9.17) is 4.74 Å². The number of hydrogen-bond acceptors (Lipinski definition) is 4. The monoisotopic (exact) mass is 584 g/mol. The highest BCUT2D eigenvalue weighted by molar-refractivity contribution is 6.09. The lowest BCUT2D eigenvalue weighted by Crippen LogP contribution is -2.23. The molecule has 6 rings (SSSR count). The van der Waals surface area contributed by atoms with Crippen LogP contribution < -0.4 is 4.90 Å². The summed E-state index contributed by atoms with van der Waals surface area (Å²) in [5.74, 6) is 0.457. The number of phenolic OH excluding ortho intramolecular Hbond substituents is 2. The maximum Gasteiger partial charge on any atom is 0.163 e. The van der Waals surface area contributed by atoms with Crippen LogP contribution in [0.1, 0.15) is 37.5 Å². The molecule has 0 aliphatic heterocycles. The molecule has 0 saturated heterocycles. The SMILES string of the molecule is COCCN(c1ccccc1-c1cc(C)cc(C(C)(C)C)c1O)c1cc(C)cc(-n2c3ccccc3c3ccccc32)c1O. The summed E-state index contributed by atoms with van der Waals surface area (Å²) in [4.78, 5) is 2.11. The third-order valence-corrected chi connectivity index (χ3v) is 8.39. The van der Waals surface area contributed by atoms with Crippen molar-refractivity contribution in [3.63, 3.8) is 0 Å². The van der Waals surface area contributed by atoms with Crippen LogP contribution in [-0.2, 0) is 10.2 Å². The summed E-state index contributed by atoms with van der Waals surface area (Å²) in [6.45, 7) is 11.4. The fourth-order valence-electron chi connectivity index (χ4n) is 6.35. The van der Waals surface area contributed by atoms with Crippen molar-refractivity contribution < 1.29 is 14.9 Å². The van der Waals surface area contributed by atoms with Gasteiger partial charge in [-0.25, -0.2) is 0 Å². The zero-order chi connectivity index (χ0) is 31.2. The number of anilines is 2. The maximum atomic E-state index is 12.2. The van der Waals surface area contributed by atoms with E-state index in [2.05, 4.69) is 86.6 Å². The van der Waals surface area contributed by atoms with Crippen LogP contribution in [0.15, 0.2) is 97.1 Å². The number of ether oxygens (including phenoxy) is 1. The van der Waals surface area contributed by atoms with Gasteiger partial charge in [0.1, 0.15) is 5.75 Å². The minimum atomic E-state index is -0.235. The summed E-state index contributed by atoms with van der Waals surface area (Å²) in [7, 11) is 1.69. The maximum absolute atomic E-state index is 12.2. The number of nitrogens with zero attached hydrogens (tertiary/aromatic N) is 2. The normalized spacial score (nSPS) is 11.9. The number of aromatic nitrogens is 1. The van der Waals surface area contributed by atoms with Gasteiger partial charge in [0.25, 0.3) is 0 Å². The summed E-state index contributed by atoms with van der Waals surface area (Å²) in [5, 5.41) is 26.1. The fraction of sp³-hybridized carbons (Fsp3) is 0.231. The third kappa shape index (κ3) is 5.07. The average Bonchev–Trinajstić information content (AvgIpc) is 3.34. The zero-order valence-electron chi connectivity index (χ0n) is 26.3. The molecule has 5 nitrogen and oxygen atoms in total. The molecular formula is C39H40N2O3. The van der Waals surface area contributed by atoms with E-state index in [0.29, 0.717) is 24.5 Å². The van der Waals surface area contributed by atoms with E-state index in [1.165, 1.54) is 0 Å². The molecule has 0 spiro atoms. The predicted octanol–water partition coefficient (Wildman–Crippen LogP) is 9.56. The number of benzene rings is 5. The van der Waals surface area contributed by atoms with E-state index in [1.54, 1.807) is 7.11 Å². The topological polar surface area (TPSA) is 57.9 Å². The highest BCUT2D eigenvalue weighted by atomic mass is 16.5. The number of fused-ring (bicyclic) bond motifs is 3. The first kappa shape index (κ1) is 29.3. The second-order valence-corrected chi connectivity index (χ2v) is 12.6. The van der Waals surface area contributed by atoms with Gasteiger partial charge in [-0.2, -0.15) is 0 Å². The molecule has 0 unspecified atom stereocenters. The number of aromatic hydroxyl groups is 2. The molecule has 0 atom stereocenters. The van der Waals surface area contributed by atoms with Crippen LogP contribution >= 0.6 is 0 Å². The molecule has 0 amide bonds. The summed E-state index contributed by atoms with van der Waals surface area (Å²) in [5.41, 5.74) is 8.74. The molecule has 224 valence electrons. The Bertz CT molecular complexity index is 1940. The van der Waals surface area contributed by atoms with Gasteiger partial charge in [-0.15, -0.1) is 0 Å². The lowest BCUT2D eigenvalue weighted by atomic mass is 9.83. The minimum Gasteiger partial charge on any atom is -0.507 e. The van der Waals surface area contributed by atoms with E-state index in [9.17, 15) is 10.2 Å². The fourth-order valence-corrected chi connectivity index (χ4v) is 6.35. The first-order chi connectivity index (χ1) is 21.1. The van der Waals surface area contributed by atoms with E-state index < -0.39 is 0 Å². The van der Waals surface area contributed by atoms with Gasteiger partial charge in [-0.3, -0.25) is 0 Å².